The van der Waals surface area contributed by atoms with E-state index in [-0.39, 0.29) is 13.1 Å². The number of carbonyl (C=O) groups is 2. The fraction of sp³-hybridized carbons (Fsp3) is 0.900. The maximum atomic E-state index is 11.6. The second-order valence-corrected chi connectivity index (χ2v) is 9.70. The molecular formula is C20H38N2O8. The lowest BCUT2D eigenvalue weighted by Crippen LogP contribution is -2.50. The largest absolute Gasteiger partial charge is 0.444 e. The van der Waals surface area contributed by atoms with E-state index in [4.69, 9.17) is 9.47 Å². The fourth-order valence-electron chi connectivity index (χ4n) is 2.82. The smallest absolute Gasteiger partial charge is 0.410 e. The molecule has 0 radical (unpaired) electrons. The minimum Gasteiger partial charge on any atom is -0.444 e. The number of nitrogens with zero attached hydrogens (tertiary/aromatic N) is 2. The zero-order valence-electron chi connectivity index (χ0n) is 18.9. The normalized spacial score (nSPS) is 27.7. The zero-order chi connectivity index (χ0) is 23.3. The first kappa shape index (κ1) is 26.4. The van der Waals surface area contributed by atoms with Gasteiger partial charge in [0.2, 0.25) is 0 Å². The quantitative estimate of drug-likeness (QED) is 0.437. The Labute approximate surface area is 178 Å². The van der Waals surface area contributed by atoms with Gasteiger partial charge in [-0.05, 0) is 54.4 Å². The van der Waals surface area contributed by atoms with Gasteiger partial charge >= 0.3 is 12.2 Å². The highest BCUT2D eigenvalue weighted by Gasteiger charge is 2.32. The van der Waals surface area contributed by atoms with Crippen molar-refractivity contribution in [3.8, 4) is 0 Å². The van der Waals surface area contributed by atoms with Crippen LogP contribution in [0.3, 0.4) is 0 Å². The van der Waals surface area contributed by atoms with Gasteiger partial charge in [0, 0.05) is 13.1 Å². The number of amides is 2. The van der Waals surface area contributed by atoms with Crippen LogP contribution in [-0.4, -0.2) is 104 Å². The first-order valence-corrected chi connectivity index (χ1v) is 10.3. The fourth-order valence-corrected chi connectivity index (χ4v) is 2.82. The molecule has 2 fully saturated rings. The maximum Gasteiger partial charge on any atom is 0.410 e. The third kappa shape index (κ3) is 9.46. The maximum absolute atomic E-state index is 11.6. The molecule has 30 heavy (non-hydrogen) atoms. The van der Waals surface area contributed by atoms with Gasteiger partial charge in [0.05, 0.1) is 37.5 Å². The van der Waals surface area contributed by atoms with Crippen molar-refractivity contribution in [3.05, 3.63) is 0 Å². The molecule has 2 aliphatic heterocycles. The predicted octanol–water partition coefficient (Wildman–Crippen LogP) is 0.698. The number of hydrogen-bond donors (Lipinski definition) is 4. The number of piperidine rings is 2. The van der Waals surface area contributed by atoms with Gasteiger partial charge < -0.3 is 39.7 Å². The Balaban J connectivity index is 0.000000300. The predicted molar refractivity (Wildman–Crippen MR) is 109 cm³/mol. The Morgan fingerprint density at radius 1 is 0.667 bits per heavy atom. The number of β-amino-alcohol motifs (C(OH)–C–C–N with tert-alkyl or cyclic N) is 2. The minimum atomic E-state index is -0.869. The number of ether oxygens (including phenoxy) is 2. The monoisotopic (exact) mass is 434 g/mol. The number of aliphatic hydroxyl groups is 4. The summed E-state index contributed by atoms with van der Waals surface area (Å²) in [6.07, 6.45) is -3.30. The number of aliphatic hydroxyl groups excluding tert-OH is 4. The van der Waals surface area contributed by atoms with Gasteiger partial charge in [-0.25, -0.2) is 9.59 Å². The van der Waals surface area contributed by atoms with Gasteiger partial charge in [0.1, 0.15) is 11.2 Å². The molecule has 2 heterocycles. The molecule has 10 heteroatoms. The summed E-state index contributed by atoms with van der Waals surface area (Å²) in [6, 6.07) is 0. The molecule has 10 nitrogen and oxygen atoms in total. The first-order chi connectivity index (χ1) is 13.6. The third-order valence-electron chi connectivity index (χ3n) is 4.40. The Bertz CT molecular complexity index is 522. The van der Waals surface area contributed by atoms with Crippen molar-refractivity contribution >= 4 is 12.2 Å². The van der Waals surface area contributed by atoms with E-state index < -0.39 is 47.8 Å². The van der Waals surface area contributed by atoms with Gasteiger partial charge in [-0.15, -0.1) is 0 Å². The van der Waals surface area contributed by atoms with Crippen molar-refractivity contribution in [1.82, 2.24) is 9.80 Å². The number of likely N-dealkylation sites (tertiary alicyclic amines) is 2. The van der Waals surface area contributed by atoms with Crippen LogP contribution in [-0.2, 0) is 9.47 Å². The molecule has 4 N–H and O–H groups in total. The van der Waals surface area contributed by atoms with Crippen LogP contribution < -0.4 is 0 Å². The van der Waals surface area contributed by atoms with Crippen molar-refractivity contribution in [2.45, 2.75) is 90.0 Å². The molecule has 0 aromatic rings. The summed E-state index contributed by atoms with van der Waals surface area (Å²) in [5.41, 5.74) is -1.06. The van der Waals surface area contributed by atoms with Crippen molar-refractivity contribution < 1.29 is 39.5 Å². The average Bonchev–Trinajstić information content (AvgIpc) is 2.57. The average molecular weight is 435 g/mol. The van der Waals surface area contributed by atoms with Crippen LogP contribution in [0.25, 0.3) is 0 Å². The zero-order valence-corrected chi connectivity index (χ0v) is 18.9. The number of hydrogen-bond acceptors (Lipinski definition) is 8. The van der Waals surface area contributed by atoms with Gasteiger partial charge in [-0.3, -0.25) is 0 Å². The molecule has 4 atom stereocenters. The van der Waals surface area contributed by atoms with Crippen LogP contribution >= 0.6 is 0 Å². The highest BCUT2D eigenvalue weighted by Crippen LogP contribution is 2.16. The molecule has 0 aromatic heterocycles. The summed E-state index contributed by atoms with van der Waals surface area (Å²) in [5, 5.41) is 37.4. The number of rotatable bonds is 0. The SMILES string of the molecule is CC(C)(C)OC(=O)N1CC[C@@H](O)[C@H](O)C1.CC(C)(C)OC(=O)N1CC[C@H](O)[C@@H](O)C1. The van der Waals surface area contributed by atoms with Gasteiger partial charge in [-0.2, -0.15) is 0 Å². The summed E-state index contributed by atoms with van der Waals surface area (Å²) >= 11 is 0. The molecular weight excluding hydrogens is 396 g/mol. The topological polar surface area (TPSA) is 140 Å². The van der Waals surface area contributed by atoms with Crippen LogP contribution in [0, 0.1) is 0 Å². The standard InChI is InChI=1S/2C10H19NO4/c2*1-10(2,3)15-9(14)11-5-4-7(12)8(13)6-11/h2*7-8,12-13H,4-6H2,1-3H3/t2*7-,8-/m10/s1. The lowest BCUT2D eigenvalue weighted by atomic mass is 10.1. The van der Waals surface area contributed by atoms with Gasteiger partial charge in [0.25, 0.3) is 0 Å². The highest BCUT2D eigenvalue weighted by molar-refractivity contribution is 5.68. The molecule has 176 valence electrons. The Morgan fingerprint density at radius 3 is 1.20 bits per heavy atom. The Hall–Kier alpha value is -1.62. The minimum absolute atomic E-state index is 0.135. The summed E-state index contributed by atoms with van der Waals surface area (Å²) in [6.45, 7) is 11.9. The van der Waals surface area contributed by atoms with E-state index in [9.17, 15) is 30.0 Å². The van der Waals surface area contributed by atoms with E-state index in [0.29, 0.717) is 25.9 Å². The molecule has 2 amide bonds. The van der Waals surface area contributed by atoms with Crippen molar-refractivity contribution in [2.75, 3.05) is 26.2 Å². The molecule has 0 bridgehead atoms. The van der Waals surface area contributed by atoms with Crippen LogP contribution in [0.2, 0.25) is 0 Å². The lowest BCUT2D eigenvalue weighted by Gasteiger charge is -2.34. The van der Waals surface area contributed by atoms with E-state index in [0.717, 1.165) is 0 Å². The second-order valence-electron chi connectivity index (χ2n) is 9.70. The molecule has 0 aliphatic carbocycles. The molecule has 2 rings (SSSR count). The van der Waals surface area contributed by atoms with Gasteiger partial charge in [0.15, 0.2) is 0 Å². The van der Waals surface area contributed by atoms with Crippen LogP contribution in [0.1, 0.15) is 54.4 Å². The molecule has 2 saturated heterocycles. The van der Waals surface area contributed by atoms with Crippen LogP contribution in [0.4, 0.5) is 9.59 Å². The molecule has 0 saturated carbocycles. The number of carbonyl (C=O) groups excluding carboxylic acids is 2. The van der Waals surface area contributed by atoms with E-state index in [1.165, 1.54) is 9.80 Å². The molecule has 2 aliphatic rings. The van der Waals surface area contributed by atoms with Crippen LogP contribution in [0.5, 0.6) is 0 Å². The van der Waals surface area contributed by atoms with Crippen molar-refractivity contribution in [3.63, 3.8) is 0 Å². The molecule has 0 aromatic carbocycles. The Kier molecular flexibility index (Phi) is 9.34. The van der Waals surface area contributed by atoms with E-state index in [2.05, 4.69) is 0 Å². The Morgan fingerprint density at radius 2 is 0.967 bits per heavy atom. The van der Waals surface area contributed by atoms with E-state index >= 15 is 0 Å². The van der Waals surface area contributed by atoms with Crippen molar-refractivity contribution in [1.29, 1.82) is 0 Å². The summed E-state index contributed by atoms with van der Waals surface area (Å²) in [7, 11) is 0. The van der Waals surface area contributed by atoms with Gasteiger partial charge in [-0.1, -0.05) is 0 Å². The summed E-state index contributed by atoms with van der Waals surface area (Å²) in [4.78, 5) is 26.0. The summed E-state index contributed by atoms with van der Waals surface area (Å²) in [5.74, 6) is 0. The second kappa shape index (κ2) is 10.6. The molecule has 0 unspecified atom stereocenters. The van der Waals surface area contributed by atoms with E-state index in [1.807, 2.05) is 0 Å². The van der Waals surface area contributed by atoms with E-state index in [1.54, 1.807) is 41.5 Å². The first-order valence-electron chi connectivity index (χ1n) is 10.3. The van der Waals surface area contributed by atoms with Crippen molar-refractivity contribution in [2.24, 2.45) is 0 Å². The summed E-state index contributed by atoms with van der Waals surface area (Å²) < 4.78 is 10.3. The third-order valence-corrected chi connectivity index (χ3v) is 4.40. The highest BCUT2D eigenvalue weighted by atomic mass is 16.6. The molecule has 0 spiro atoms. The lowest BCUT2D eigenvalue weighted by molar-refractivity contribution is -0.0470. The van der Waals surface area contributed by atoms with Crippen LogP contribution in [0.15, 0.2) is 0 Å².